The molecule has 1 aliphatic carbocycles. The molecule has 0 unspecified atom stereocenters. The van der Waals surface area contributed by atoms with Gasteiger partial charge in [0.25, 0.3) is 10.1 Å². The lowest BCUT2D eigenvalue weighted by molar-refractivity contribution is -0.871. The fourth-order valence-corrected chi connectivity index (χ4v) is 10.4. The second-order valence-corrected chi connectivity index (χ2v) is 24.3. The molecule has 0 aromatic heterocycles. The van der Waals surface area contributed by atoms with Crippen molar-refractivity contribution in [3.63, 3.8) is 0 Å². The number of nitrogens with one attached hydrogen (secondary N) is 2. The first-order valence-corrected chi connectivity index (χ1v) is 25.3. The quantitative estimate of drug-likeness (QED) is 0.0711. The smallest absolute Gasteiger partial charge is 0.294 e. The van der Waals surface area contributed by atoms with Crippen LogP contribution in [0.15, 0.2) is 112 Å². The lowest BCUT2D eigenvalue weighted by Crippen LogP contribution is -2.37. The molecule has 9 nitrogen and oxygen atoms in total. The van der Waals surface area contributed by atoms with Gasteiger partial charge in [0.05, 0.1) is 72.1 Å². The molecular formula is C55H81N6O3S+3. The minimum atomic E-state index is -4.36. The molecule has 2 heterocycles. The number of benzene rings is 3. The van der Waals surface area contributed by atoms with E-state index in [9.17, 15) is 13.0 Å². The first-order chi connectivity index (χ1) is 30.1. The maximum absolute atomic E-state index is 12.4. The number of hydrogen-bond donors (Lipinski definition) is 3. The Bertz CT molecular complexity index is 2500. The molecule has 3 aromatic carbocycles. The van der Waals surface area contributed by atoms with Crippen LogP contribution in [0.4, 0.5) is 17.1 Å². The van der Waals surface area contributed by atoms with E-state index in [1.54, 1.807) is 6.07 Å². The van der Waals surface area contributed by atoms with Gasteiger partial charge in [-0.1, -0.05) is 49.8 Å². The van der Waals surface area contributed by atoms with Gasteiger partial charge in [0.2, 0.25) is 5.69 Å². The van der Waals surface area contributed by atoms with Crippen LogP contribution in [0.2, 0.25) is 0 Å². The molecule has 65 heavy (non-hydrogen) atoms. The van der Waals surface area contributed by atoms with E-state index in [1.165, 1.54) is 51.0 Å². The summed E-state index contributed by atoms with van der Waals surface area (Å²) in [5.41, 5.74) is 13.9. The van der Waals surface area contributed by atoms with Crippen molar-refractivity contribution in [2.24, 2.45) is 0 Å². The summed E-state index contributed by atoms with van der Waals surface area (Å²) in [6.07, 6.45) is 15.4. The van der Waals surface area contributed by atoms with E-state index in [0.717, 1.165) is 103 Å². The van der Waals surface area contributed by atoms with Gasteiger partial charge in [-0.15, -0.1) is 0 Å². The molecule has 3 N–H and O–H groups in total. The summed E-state index contributed by atoms with van der Waals surface area (Å²) in [7, 11) is 9.11. The van der Waals surface area contributed by atoms with E-state index in [0.29, 0.717) is 0 Å². The molecule has 0 saturated carbocycles. The molecular weight excluding hydrogens is 825 g/mol. The molecule has 0 radical (unpaired) electrons. The topological polar surface area (TPSA) is 84.7 Å². The van der Waals surface area contributed by atoms with Gasteiger partial charge in [0.15, 0.2) is 12.3 Å². The molecule has 352 valence electrons. The van der Waals surface area contributed by atoms with Crippen molar-refractivity contribution in [3.05, 3.63) is 130 Å². The minimum Gasteiger partial charge on any atom is -0.384 e. The first-order valence-electron chi connectivity index (χ1n) is 23.8. The maximum atomic E-state index is 12.4. The van der Waals surface area contributed by atoms with Gasteiger partial charge in [-0.05, 0) is 132 Å². The number of hydrogen-bond acceptors (Lipinski definition) is 5. The number of anilines is 2. The Balaban J connectivity index is 1.42. The molecule has 0 spiro atoms. The number of allylic oxidation sites excluding steroid dienone is 7. The summed E-state index contributed by atoms with van der Waals surface area (Å²) >= 11 is 0. The average Bonchev–Trinajstić information content (AvgIpc) is 3.52. The van der Waals surface area contributed by atoms with Crippen LogP contribution in [0.3, 0.4) is 0 Å². The van der Waals surface area contributed by atoms with Crippen LogP contribution in [0.1, 0.15) is 103 Å². The van der Waals surface area contributed by atoms with Crippen LogP contribution in [-0.4, -0.2) is 113 Å². The summed E-state index contributed by atoms with van der Waals surface area (Å²) < 4.78 is 39.2. The van der Waals surface area contributed by atoms with Gasteiger partial charge in [-0.3, -0.25) is 4.55 Å². The number of quaternary nitrogens is 2. The molecule has 10 heteroatoms. The molecule has 0 saturated heterocycles. The number of nitrogens with zero attached hydrogens (tertiary/aromatic N) is 4. The monoisotopic (exact) mass is 906 g/mol. The molecule has 2 aliphatic heterocycles. The molecule has 0 bridgehead atoms. The van der Waals surface area contributed by atoms with Crippen molar-refractivity contribution < 1.29 is 26.5 Å². The summed E-state index contributed by atoms with van der Waals surface area (Å²) in [5.74, 6) is 0. The van der Waals surface area contributed by atoms with E-state index < -0.39 is 15.5 Å². The zero-order valence-corrected chi connectivity index (χ0v) is 43.1. The normalized spacial score (nSPS) is 18.9. The van der Waals surface area contributed by atoms with Gasteiger partial charge in [0.1, 0.15) is 0 Å². The van der Waals surface area contributed by atoms with Crippen molar-refractivity contribution in [2.75, 3.05) is 85.2 Å². The maximum Gasteiger partial charge on any atom is 0.294 e. The Labute approximate surface area is 393 Å². The highest BCUT2D eigenvalue weighted by atomic mass is 32.2. The van der Waals surface area contributed by atoms with Crippen LogP contribution < -0.4 is 15.5 Å². The molecule has 3 aliphatic rings. The van der Waals surface area contributed by atoms with Gasteiger partial charge in [0, 0.05) is 70.9 Å². The van der Waals surface area contributed by atoms with Crippen LogP contribution in [0, 0.1) is 6.92 Å². The van der Waals surface area contributed by atoms with Gasteiger partial charge >= 0.3 is 0 Å². The summed E-state index contributed by atoms with van der Waals surface area (Å²) in [6, 6.07) is 20.9. The number of aryl methyl sites for hydroxylation is 1. The van der Waals surface area contributed by atoms with Crippen molar-refractivity contribution in [2.45, 2.75) is 115 Å². The van der Waals surface area contributed by atoms with Crippen LogP contribution in [0.5, 0.6) is 0 Å². The summed E-state index contributed by atoms with van der Waals surface area (Å²) in [6.45, 7) is 22.5. The zero-order chi connectivity index (χ0) is 47.8. The largest absolute Gasteiger partial charge is 0.384 e. The number of fused-ring (bicyclic) bond motifs is 2. The minimum absolute atomic E-state index is 0.00273. The Morgan fingerprint density at radius 1 is 0.815 bits per heavy atom. The Morgan fingerprint density at radius 2 is 1.49 bits per heavy atom. The van der Waals surface area contributed by atoms with E-state index >= 15 is 0 Å². The molecule has 0 atom stereocenters. The van der Waals surface area contributed by atoms with Gasteiger partial charge < -0.3 is 24.5 Å². The van der Waals surface area contributed by atoms with Crippen molar-refractivity contribution in [1.29, 1.82) is 0 Å². The number of rotatable bonds is 17. The third-order valence-electron chi connectivity index (χ3n) is 13.2. The predicted octanol–water partition coefficient (Wildman–Crippen LogP) is 10.5. The van der Waals surface area contributed by atoms with Crippen molar-refractivity contribution >= 4 is 32.9 Å². The zero-order valence-electron chi connectivity index (χ0n) is 42.3. The van der Waals surface area contributed by atoms with Gasteiger partial charge in [-0.25, -0.2) is 0 Å². The van der Waals surface area contributed by atoms with E-state index in [1.807, 2.05) is 6.07 Å². The highest BCUT2D eigenvalue weighted by Crippen LogP contribution is 2.49. The first kappa shape index (κ1) is 49.9. The fraction of sp³-hybridized carbons (Fsp3) is 0.509. The average molecular weight is 906 g/mol. The Kier molecular flexibility index (Phi) is 14.6. The standard InChI is InChI=1S/C55H79N6O3S/c1-40-20-28-48-46(38-40)54(5,6)50(58(48)34-16-36-60(9,10)11)30-23-42-18-15-19-43(52(42)56-33-32-41-21-25-44(26-22-41)57-53(2,3)4)24-31-51-55(7,8)47-39-45(65(62,63)64)27-29-49(47)59(51)35-17-37-61(12,13)14/h20-31,38-39,57H,15-19,32-37H2,1-14H3/q+1/p+2/b43-24+,51-31+. The van der Waals surface area contributed by atoms with Crippen molar-refractivity contribution in [3.8, 4) is 0 Å². The fourth-order valence-electron chi connectivity index (χ4n) is 9.86. The highest BCUT2D eigenvalue weighted by Gasteiger charge is 2.45. The Morgan fingerprint density at radius 3 is 2.14 bits per heavy atom. The molecule has 3 aromatic rings. The third-order valence-corrected chi connectivity index (χ3v) is 14.1. The van der Waals surface area contributed by atoms with E-state index in [-0.39, 0.29) is 15.8 Å². The second kappa shape index (κ2) is 19.0. The second-order valence-electron chi connectivity index (χ2n) is 22.9. The van der Waals surface area contributed by atoms with Crippen LogP contribution in [0.25, 0.3) is 0 Å². The Hall–Kier alpha value is -4.48. The van der Waals surface area contributed by atoms with Crippen LogP contribution >= 0.6 is 0 Å². The molecule has 0 fully saturated rings. The lowest BCUT2D eigenvalue weighted by Gasteiger charge is -2.29. The van der Waals surface area contributed by atoms with E-state index in [4.69, 9.17) is 0 Å². The summed E-state index contributed by atoms with van der Waals surface area (Å²) in [5, 5.41) is 7.57. The summed E-state index contributed by atoms with van der Waals surface area (Å²) in [4.78, 5) is 2.31. The predicted molar refractivity (Wildman–Crippen MR) is 273 cm³/mol. The van der Waals surface area contributed by atoms with Crippen LogP contribution in [-0.2, 0) is 27.4 Å². The third kappa shape index (κ3) is 12.3. The van der Waals surface area contributed by atoms with Gasteiger partial charge in [-0.2, -0.15) is 13.0 Å². The lowest BCUT2D eigenvalue weighted by atomic mass is 9.80. The SMILES string of the molecule is Cc1ccc2c(c1)C(C)(C)C(/C=C/C1=C(NCCc3ccc(NC(C)(C)C)cc3)C(=C/C=C3/N(CCC[N+](C)(C)C)c4ccc(S(=O)(=O)O)cc4C3(C)C)/CCC1)=[N+]2CCC[N+](C)(C)C. The molecule has 6 rings (SSSR count). The van der Waals surface area contributed by atoms with E-state index in [2.05, 4.69) is 185 Å². The molecule has 0 amide bonds. The van der Waals surface area contributed by atoms with Crippen molar-refractivity contribution in [1.82, 2.24) is 5.32 Å². The highest BCUT2D eigenvalue weighted by molar-refractivity contribution is 7.85.